The molecule has 0 aromatic heterocycles. The Kier molecular flexibility index (Phi) is 59.7. The van der Waals surface area contributed by atoms with Crippen molar-refractivity contribution in [2.24, 2.45) is 0 Å². The number of allylic oxidation sites excluding steroid dienone is 18. The van der Waals surface area contributed by atoms with Crippen LogP contribution in [0.1, 0.15) is 284 Å². The minimum atomic E-state index is -4.65. The SMILES string of the molecule is CC/C=C\C/C=C\C/C=C\C/C=C\C/C=C\C/C=C\C/C=C\C/C=C\CCCCCCCCCCC(=O)OC(COC(=O)CCCCCCCCCCCCCCC/C=C\CCCCCCCCCC)COP(=O)([O-])OCC[N+](C)(C)C. The lowest BCUT2D eigenvalue weighted by Crippen LogP contribution is -2.37. The molecule has 0 aromatic rings. The van der Waals surface area contributed by atoms with E-state index in [1.165, 1.54) is 154 Å². The highest BCUT2D eigenvalue weighted by atomic mass is 31.2. The van der Waals surface area contributed by atoms with Gasteiger partial charge in [0.2, 0.25) is 0 Å². The lowest BCUT2D eigenvalue weighted by Gasteiger charge is -2.28. The Hall–Kier alpha value is -3.33. The Balaban J connectivity index is 4.13. The Labute approximate surface area is 506 Å². The van der Waals surface area contributed by atoms with Crippen LogP contribution >= 0.6 is 7.82 Å². The molecule has 0 amide bonds. The summed E-state index contributed by atoms with van der Waals surface area (Å²) in [5, 5.41) is 0. The molecule has 0 spiro atoms. The zero-order chi connectivity index (χ0) is 59.8. The highest BCUT2D eigenvalue weighted by Crippen LogP contribution is 2.38. The molecule has 0 aliphatic rings. The molecule has 0 saturated carbocycles. The number of unbranched alkanes of at least 4 members (excludes halogenated alkanes) is 29. The van der Waals surface area contributed by atoms with Gasteiger partial charge in [0.15, 0.2) is 6.10 Å². The smallest absolute Gasteiger partial charge is 0.306 e. The van der Waals surface area contributed by atoms with E-state index < -0.39 is 26.5 Å². The maximum Gasteiger partial charge on any atom is 0.306 e. The second-order valence-electron chi connectivity index (χ2n) is 23.5. The van der Waals surface area contributed by atoms with Gasteiger partial charge in [0, 0.05) is 12.8 Å². The second kappa shape index (κ2) is 62.2. The van der Waals surface area contributed by atoms with E-state index >= 15 is 0 Å². The van der Waals surface area contributed by atoms with Gasteiger partial charge in [-0.05, 0) is 103 Å². The van der Waals surface area contributed by atoms with Crippen molar-refractivity contribution < 1.29 is 42.1 Å². The number of ether oxygens (including phenoxy) is 2. The van der Waals surface area contributed by atoms with Gasteiger partial charge in [-0.25, -0.2) is 0 Å². The molecule has 0 saturated heterocycles. The van der Waals surface area contributed by atoms with Crippen LogP contribution in [0.5, 0.6) is 0 Å². The van der Waals surface area contributed by atoms with Crippen LogP contribution in [0, 0.1) is 0 Å². The Morgan fingerprint density at radius 1 is 0.390 bits per heavy atom. The van der Waals surface area contributed by atoms with Crippen LogP contribution in [-0.4, -0.2) is 70.0 Å². The van der Waals surface area contributed by atoms with Crippen molar-refractivity contribution in [3.63, 3.8) is 0 Å². The molecular formula is C72H126NO8P. The molecule has 0 aliphatic carbocycles. The summed E-state index contributed by atoms with van der Waals surface area (Å²) in [5.74, 6) is -0.841. The summed E-state index contributed by atoms with van der Waals surface area (Å²) in [4.78, 5) is 38.0. The van der Waals surface area contributed by atoms with E-state index in [0.29, 0.717) is 17.4 Å². The fourth-order valence-corrected chi connectivity index (χ4v) is 9.87. The number of likely N-dealkylation sites (N-methyl/N-ethyl adjacent to an activating group) is 1. The van der Waals surface area contributed by atoms with Gasteiger partial charge in [-0.15, -0.1) is 0 Å². The zero-order valence-electron chi connectivity index (χ0n) is 53.7. The molecule has 9 nitrogen and oxygen atoms in total. The molecule has 82 heavy (non-hydrogen) atoms. The minimum Gasteiger partial charge on any atom is -0.756 e. The first-order valence-corrected chi connectivity index (χ1v) is 35.1. The van der Waals surface area contributed by atoms with Crippen molar-refractivity contribution >= 4 is 19.8 Å². The van der Waals surface area contributed by atoms with E-state index in [9.17, 15) is 19.0 Å². The van der Waals surface area contributed by atoms with Crippen LogP contribution < -0.4 is 4.89 Å². The molecule has 0 heterocycles. The first kappa shape index (κ1) is 78.7. The first-order valence-electron chi connectivity index (χ1n) is 33.6. The first-order chi connectivity index (χ1) is 40.0. The van der Waals surface area contributed by atoms with Crippen molar-refractivity contribution in [2.75, 3.05) is 47.5 Å². The van der Waals surface area contributed by atoms with Gasteiger partial charge >= 0.3 is 11.9 Å². The highest BCUT2D eigenvalue weighted by Gasteiger charge is 2.22. The van der Waals surface area contributed by atoms with Crippen LogP contribution in [0.3, 0.4) is 0 Å². The fraction of sp³-hybridized carbons (Fsp3) is 0.722. The Morgan fingerprint density at radius 2 is 0.695 bits per heavy atom. The van der Waals surface area contributed by atoms with E-state index in [0.717, 1.165) is 96.3 Å². The van der Waals surface area contributed by atoms with Crippen molar-refractivity contribution in [1.29, 1.82) is 0 Å². The summed E-state index contributed by atoms with van der Waals surface area (Å²) < 4.78 is 34.3. The average Bonchev–Trinajstić information content (AvgIpc) is 3.46. The maximum absolute atomic E-state index is 12.9. The zero-order valence-corrected chi connectivity index (χ0v) is 54.6. The van der Waals surface area contributed by atoms with Gasteiger partial charge < -0.3 is 27.9 Å². The van der Waals surface area contributed by atoms with Gasteiger partial charge in [-0.2, -0.15) is 0 Å². The van der Waals surface area contributed by atoms with Crippen LogP contribution in [0.2, 0.25) is 0 Å². The third kappa shape index (κ3) is 65.8. The molecule has 2 atom stereocenters. The van der Waals surface area contributed by atoms with Gasteiger partial charge in [0.1, 0.15) is 19.8 Å². The van der Waals surface area contributed by atoms with E-state index in [4.69, 9.17) is 18.5 Å². The third-order valence-corrected chi connectivity index (χ3v) is 15.2. The predicted octanol–water partition coefficient (Wildman–Crippen LogP) is 21.1. The van der Waals surface area contributed by atoms with Crippen molar-refractivity contribution in [1.82, 2.24) is 0 Å². The van der Waals surface area contributed by atoms with Crippen LogP contribution in [0.15, 0.2) is 109 Å². The molecular weight excluding hydrogens is 1040 g/mol. The molecule has 10 heteroatoms. The van der Waals surface area contributed by atoms with Gasteiger partial charge in [0.25, 0.3) is 7.82 Å². The summed E-state index contributed by atoms with van der Waals surface area (Å²) in [5.41, 5.74) is 0. The molecule has 2 unspecified atom stereocenters. The number of hydrogen-bond acceptors (Lipinski definition) is 8. The lowest BCUT2D eigenvalue weighted by atomic mass is 10.0. The molecule has 0 rings (SSSR count). The van der Waals surface area contributed by atoms with Crippen LogP contribution in [0.4, 0.5) is 0 Å². The third-order valence-electron chi connectivity index (χ3n) is 14.3. The monoisotopic (exact) mass is 1160 g/mol. The number of phosphoric acid groups is 1. The Morgan fingerprint density at radius 3 is 1.05 bits per heavy atom. The number of phosphoric ester groups is 1. The van der Waals surface area contributed by atoms with E-state index in [2.05, 4.69) is 123 Å². The number of quaternary nitrogens is 1. The number of nitrogens with zero attached hydrogens (tertiary/aromatic N) is 1. The van der Waals surface area contributed by atoms with E-state index in [1.54, 1.807) is 0 Å². The topological polar surface area (TPSA) is 111 Å². The van der Waals surface area contributed by atoms with E-state index in [1.807, 2.05) is 21.1 Å². The second-order valence-corrected chi connectivity index (χ2v) is 24.9. The van der Waals surface area contributed by atoms with Crippen LogP contribution in [0.25, 0.3) is 0 Å². The van der Waals surface area contributed by atoms with Gasteiger partial charge in [-0.1, -0.05) is 277 Å². The number of carbonyl (C=O) groups is 2. The molecule has 0 fully saturated rings. The van der Waals surface area contributed by atoms with Crippen LogP contribution in [-0.2, 0) is 32.7 Å². The number of hydrogen-bond donors (Lipinski definition) is 0. The quantitative estimate of drug-likeness (QED) is 0.0195. The molecule has 0 radical (unpaired) electrons. The average molecular weight is 1160 g/mol. The normalized spacial score (nSPS) is 13.9. The molecule has 472 valence electrons. The van der Waals surface area contributed by atoms with Gasteiger partial charge in [-0.3, -0.25) is 14.2 Å². The molecule has 0 aromatic carbocycles. The number of carbonyl (C=O) groups excluding carboxylic acids is 2. The van der Waals surface area contributed by atoms with Gasteiger partial charge in [0.05, 0.1) is 27.7 Å². The minimum absolute atomic E-state index is 0.0368. The summed E-state index contributed by atoms with van der Waals surface area (Å²) >= 11 is 0. The summed E-state index contributed by atoms with van der Waals surface area (Å²) in [6, 6.07) is 0. The largest absolute Gasteiger partial charge is 0.756 e. The fourth-order valence-electron chi connectivity index (χ4n) is 9.14. The number of rotatable bonds is 61. The number of esters is 2. The van der Waals surface area contributed by atoms with Crippen molar-refractivity contribution in [3.8, 4) is 0 Å². The van der Waals surface area contributed by atoms with Crippen molar-refractivity contribution in [3.05, 3.63) is 109 Å². The van der Waals surface area contributed by atoms with E-state index in [-0.39, 0.29) is 32.0 Å². The lowest BCUT2D eigenvalue weighted by molar-refractivity contribution is -0.870. The molecule has 0 bridgehead atoms. The standard InChI is InChI=1S/C72H126NO8P/c1-6-8-10-12-14-16-18-20-22-24-26-28-30-32-33-34-35-36-37-38-39-41-43-45-47-49-51-53-55-57-59-61-63-65-72(75)81-70(69-80-82(76,77)79-67-66-73(3,4)5)68-78-71(74)64-62-60-58-56-54-52-50-48-46-44-42-40-31-29-27-25-23-21-19-17-15-13-11-9-7-2/h8,10,14,16,20,22,25-28,32-33,35-36,38-39,43,45,70H,6-7,9,11-13,15,17-19,21,23-24,29-31,34,37,40-42,44,46-69H2,1-5H3/b10-8-,16-14-,22-20-,27-25-,28-26-,33-32-,36-35-,39-38-,45-43-. The Bertz CT molecular complexity index is 1750. The summed E-state index contributed by atoms with van der Waals surface area (Å²) in [6.45, 7) is 4.13. The predicted molar refractivity (Wildman–Crippen MR) is 351 cm³/mol. The summed E-state index contributed by atoms with van der Waals surface area (Å²) in [7, 11) is 1.15. The maximum atomic E-state index is 12.9. The highest BCUT2D eigenvalue weighted by molar-refractivity contribution is 7.45. The molecule has 0 N–H and O–H groups in total. The summed E-state index contributed by atoms with van der Waals surface area (Å²) in [6.07, 6.45) is 87.2. The van der Waals surface area contributed by atoms with Crippen molar-refractivity contribution in [2.45, 2.75) is 290 Å². The molecule has 0 aliphatic heterocycles.